The Bertz CT molecular complexity index is 882. The molecule has 1 aliphatic heterocycles. The molecule has 140 valence electrons. The molecule has 0 bridgehead atoms. The van der Waals surface area contributed by atoms with Gasteiger partial charge in [-0.3, -0.25) is 9.59 Å². The number of hydrogen-bond donors (Lipinski definition) is 0. The summed E-state index contributed by atoms with van der Waals surface area (Å²) < 4.78 is 0. The number of rotatable bonds is 3. The van der Waals surface area contributed by atoms with Gasteiger partial charge < -0.3 is 9.80 Å². The average Bonchev–Trinajstić information content (AvgIpc) is 2.66. The van der Waals surface area contributed by atoms with Gasteiger partial charge in [-0.15, -0.1) is 0 Å². The van der Waals surface area contributed by atoms with Crippen molar-refractivity contribution < 1.29 is 9.59 Å². The van der Waals surface area contributed by atoms with Crippen molar-refractivity contribution in [1.29, 1.82) is 0 Å². The second-order valence-corrected chi connectivity index (χ2v) is 7.00. The van der Waals surface area contributed by atoms with Gasteiger partial charge in [-0.05, 0) is 50.3 Å². The summed E-state index contributed by atoms with van der Waals surface area (Å²) in [4.78, 5) is 37.2. The minimum absolute atomic E-state index is 0.107. The van der Waals surface area contributed by atoms with Crippen LogP contribution in [0, 0.1) is 6.92 Å². The highest BCUT2D eigenvalue weighted by Crippen LogP contribution is 2.20. The van der Waals surface area contributed by atoms with Crippen molar-refractivity contribution in [1.82, 2.24) is 19.8 Å². The fourth-order valence-electron chi connectivity index (χ4n) is 3.14. The fraction of sp³-hybridized carbons (Fsp3) is 0.300. The molecule has 0 aliphatic carbocycles. The van der Waals surface area contributed by atoms with Gasteiger partial charge in [0.25, 0.3) is 5.91 Å². The maximum atomic E-state index is 13.0. The summed E-state index contributed by atoms with van der Waals surface area (Å²) in [6.45, 7) is 8.70. The van der Waals surface area contributed by atoms with Crippen LogP contribution in [0.15, 0.2) is 43.0 Å². The van der Waals surface area contributed by atoms with Crippen molar-refractivity contribution in [3.8, 4) is 11.4 Å². The Hall–Kier alpha value is -2.73. The summed E-state index contributed by atoms with van der Waals surface area (Å²) >= 11 is 5.94. The van der Waals surface area contributed by atoms with E-state index in [2.05, 4.69) is 16.5 Å². The zero-order valence-electron chi connectivity index (χ0n) is 15.4. The standard InChI is InChI=1S/C20H21ClN4O2/c1-4-18(26)24-9-10-25(14(3)12-24)20(27)17-11-13(2)22-19(23-17)15-5-7-16(21)8-6-15/h4-8,11,14H,1,9-10,12H2,2-3H3/t14-/m0/s1. The van der Waals surface area contributed by atoms with E-state index in [1.165, 1.54) is 6.08 Å². The highest BCUT2D eigenvalue weighted by atomic mass is 35.5. The Balaban J connectivity index is 1.84. The second kappa shape index (κ2) is 7.88. The summed E-state index contributed by atoms with van der Waals surface area (Å²) in [6.07, 6.45) is 1.30. The number of aromatic nitrogens is 2. The van der Waals surface area contributed by atoms with Gasteiger partial charge in [-0.2, -0.15) is 0 Å². The Morgan fingerprint density at radius 1 is 1.22 bits per heavy atom. The summed E-state index contributed by atoms with van der Waals surface area (Å²) in [5.74, 6) is 0.217. The van der Waals surface area contributed by atoms with Crippen LogP contribution in [0.3, 0.4) is 0 Å². The molecular weight excluding hydrogens is 364 g/mol. The number of nitrogens with zero attached hydrogens (tertiary/aromatic N) is 4. The minimum atomic E-state index is -0.158. The monoisotopic (exact) mass is 384 g/mol. The van der Waals surface area contributed by atoms with Crippen LogP contribution in [-0.4, -0.2) is 57.3 Å². The van der Waals surface area contributed by atoms with Gasteiger partial charge in [0.1, 0.15) is 5.69 Å². The molecule has 0 radical (unpaired) electrons. The molecule has 27 heavy (non-hydrogen) atoms. The van der Waals surface area contributed by atoms with Crippen molar-refractivity contribution in [3.05, 3.63) is 59.4 Å². The van der Waals surface area contributed by atoms with E-state index in [0.29, 0.717) is 41.9 Å². The Morgan fingerprint density at radius 2 is 1.93 bits per heavy atom. The molecule has 1 atom stereocenters. The molecule has 7 heteroatoms. The van der Waals surface area contributed by atoms with Crippen LogP contribution in [0.4, 0.5) is 0 Å². The lowest BCUT2D eigenvalue weighted by Crippen LogP contribution is -2.55. The molecule has 1 aromatic carbocycles. The molecule has 0 saturated carbocycles. The Labute approximate surface area is 163 Å². The molecule has 0 unspecified atom stereocenters. The van der Waals surface area contributed by atoms with E-state index in [1.807, 2.05) is 26.0 Å². The van der Waals surface area contributed by atoms with Crippen molar-refractivity contribution in [2.45, 2.75) is 19.9 Å². The first-order valence-corrected chi connectivity index (χ1v) is 9.10. The second-order valence-electron chi connectivity index (χ2n) is 6.56. The molecular formula is C20H21ClN4O2. The summed E-state index contributed by atoms with van der Waals surface area (Å²) in [5, 5.41) is 0.628. The van der Waals surface area contributed by atoms with E-state index in [-0.39, 0.29) is 17.9 Å². The van der Waals surface area contributed by atoms with Crippen molar-refractivity contribution in [2.75, 3.05) is 19.6 Å². The van der Waals surface area contributed by atoms with Crippen LogP contribution in [0.1, 0.15) is 23.1 Å². The van der Waals surface area contributed by atoms with Gasteiger partial charge >= 0.3 is 0 Å². The van der Waals surface area contributed by atoms with Gasteiger partial charge in [0.15, 0.2) is 5.82 Å². The number of halogens is 1. The molecule has 2 amide bonds. The maximum Gasteiger partial charge on any atom is 0.272 e. The molecule has 1 aromatic heterocycles. The largest absolute Gasteiger partial charge is 0.335 e. The predicted molar refractivity (Wildman–Crippen MR) is 104 cm³/mol. The van der Waals surface area contributed by atoms with Crippen molar-refractivity contribution in [3.63, 3.8) is 0 Å². The third kappa shape index (κ3) is 4.17. The third-order valence-corrected chi connectivity index (χ3v) is 4.80. The summed E-state index contributed by atoms with van der Waals surface area (Å²) in [6, 6.07) is 8.77. The Morgan fingerprint density at radius 3 is 2.56 bits per heavy atom. The number of aryl methyl sites for hydroxylation is 1. The number of amides is 2. The minimum Gasteiger partial charge on any atom is -0.335 e. The van der Waals surface area contributed by atoms with Gasteiger partial charge in [0.05, 0.1) is 0 Å². The molecule has 3 rings (SSSR count). The molecule has 2 aromatic rings. The van der Waals surface area contributed by atoms with Gasteiger partial charge in [-0.1, -0.05) is 18.2 Å². The molecule has 1 fully saturated rings. The Kier molecular flexibility index (Phi) is 5.56. The van der Waals surface area contributed by atoms with Crippen LogP contribution < -0.4 is 0 Å². The third-order valence-electron chi connectivity index (χ3n) is 4.55. The normalized spacial score (nSPS) is 16.9. The van der Waals surface area contributed by atoms with Crippen LogP contribution in [0.5, 0.6) is 0 Å². The average molecular weight is 385 g/mol. The maximum absolute atomic E-state index is 13.0. The lowest BCUT2D eigenvalue weighted by molar-refractivity contribution is -0.128. The SMILES string of the molecule is C=CC(=O)N1CCN(C(=O)c2cc(C)nc(-c3ccc(Cl)cc3)n2)[C@@H](C)C1. The number of piperazine rings is 1. The lowest BCUT2D eigenvalue weighted by atomic mass is 10.1. The molecule has 1 aliphatic rings. The van der Waals surface area contributed by atoms with Crippen LogP contribution >= 0.6 is 11.6 Å². The van der Waals surface area contributed by atoms with Crippen molar-refractivity contribution in [2.24, 2.45) is 0 Å². The molecule has 6 nitrogen and oxygen atoms in total. The van der Waals surface area contributed by atoms with Crippen LogP contribution in [-0.2, 0) is 4.79 Å². The van der Waals surface area contributed by atoms with Gasteiger partial charge in [-0.25, -0.2) is 9.97 Å². The van der Waals surface area contributed by atoms with Crippen LogP contribution in [0.2, 0.25) is 5.02 Å². The quantitative estimate of drug-likeness (QED) is 0.763. The van der Waals surface area contributed by atoms with E-state index < -0.39 is 0 Å². The van der Waals surface area contributed by atoms with Gasteiger partial charge in [0, 0.05) is 42.0 Å². The first-order chi connectivity index (χ1) is 12.9. The van der Waals surface area contributed by atoms with E-state index in [1.54, 1.807) is 28.0 Å². The number of carbonyl (C=O) groups is 2. The topological polar surface area (TPSA) is 66.4 Å². The smallest absolute Gasteiger partial charge is 0.272 e. The lowest BCUT2D eigenvalue weighted by Gasteiger charge is -2.39. The molecule has 0 spiro atoms. The summed E-state index contributed by atoms with van der Waals surface area (Å²) in [7, 11) is 0. The zero-order chi connectivity index (χ0) is 19.6. The van der Waals surface area contributed by atoms with Crippen LogP contribution in [0.25, 0.3) is 11.4 Å². The van der Waals surface area contributed by atoms with E-state index in [0.717, 1.165) is 5.56 Å². The fourth-order valence-corrected chi connectivity index (χ4v) is 3.27. The van der Waals surface area contributed by atoms with Crippen molar-refractivity contribution >= 4 is 23.4 Å². The van der Waals surface area contributed by atoms with E-state index in [4.69, 9.17) is 11.6 Å². The van der Waals surface area contributed by atoms with E-state index >= 15 is 0 Å². The predicted octanol–water partition coefficient (Wildman–Crippen LogP) is 2.96. The summed E-state index contributed by atoms with van der Waals surface area (Å²) in [5.41, 5.74) is 1.86. The molecule has 1 saturated heterocycles. The van der Waals surface area contributed by atoms with E-state index in [9.17, 15) is 9.59 Å². The molecule has 2 heterocycles. The number of hydrogen-bond acceptors (Lipinski definition) is 4. The highest BCUT2D eigenvalue weighted by Gasteiger charge is 2.30. The first kappa shape index (κ1) is 19.0. The zero-order valence-corrected chi connectivity index (χ0v) is 16.1. The highest BCUT2D eigenvalue weighted by molar-refractivity contribution is 6.30. The number of benzene rings is 1. The van der Waals surface area contributed by atoms with Gasteiger partial charge in [0.2, 0.25) is 5.91 Å². The number of carbonyl (C=O) groups excluding carboxylic acids is 2. The molecule has 0 N–H and O–H groups in total. The first-order valence-electron chi connectivity index (χ1n) is 8.73.